The zero-order valence-corrected chi connectivity index (χ0v) is 8.26. The van der Waals surface area contributed by atoms with Crippen molar-refractivity contribution in [2.75, 3.05) is 5.73 Å². The molecule has 1 rings (SSSR count). The minimum absolute atomic E-state index is 0.287. The van der Waals surface area contributed by atoms with Crippen LogP contribution in [0.5, 0.6) is 5.75 Å². The van der Waals surface area contributed by atoms with Crippen molar-refractivity contribution >= 4 is 5.82 Å². The molecule has 4 nitrogen and oxygen atoms in total. The van der Waals surface area contributed by atoms with Crippen LogP contribution in [0.1, 0.15) is 17.7 Å². The van der Waals surface area contributed by atoms with Crippen LogP contribution >= 0.6 is 0 Å². The molecule has 1 aromatic rings. The molecule has 0 radical (unpaired) electrons. The van der Waals surface area contributed by atoms with Crippen LogP contribution in [-0.2, 0) is 6.54 Å². The van der Waals surface area contributed by atoms with Gasteiger partial charge in [-0.05, 0) is 6.07 Å². The van der Waals surface area contributed by atoms with E-state index >= 15 is 0 Å². The van der Waals surface area contributed by atoms with Crippen LogP contribution in [0.2, 0.25) is 0 Å². The number of halogens is 5. The van der Waals surface area contributed by atoms with E-state index in [-0.39, 0.29) is 11.4 Å². The van der Waals surface area contributed by atoms with E-state index in [1.54, 1.807) is 0 Å². The van der Waals surface area contributed by atoms with Crippen molar-refractivity contribution in [2.24, 2.45) is 5.73 Å². The Labute approximate surface area is 92.4 Å². The summed E-state index contributed by atoms with van der Waals surface area (Å²) in [6, 6.07) is 0.951. The van der Waals surface area contributed by atoms with Gasteiger partial charge in [-0.1, -0.05) is 0 Å². The summed E-state index contributed by atoms with van der Waals surface area (Å²) in [5.74, 6) is -1.44. The third-order valence-electron chi connectivity index (χ3n) is 1.74. The molecule has 0 atom stereocenters. The standard InChI is InChI=1S/C8H8F5N3O/c9-7(10)5-6(17-8(11,12)13)3(2-14)1-4(15)16-5/h1,7H,2,14H2,(H2,15,16). The number of anilines is 1. The molecule has 0 aliphatic rings. The van der Waals surface area contributed by atoms with E-state index in [2.05, 4.69) is 9.72 Å². The van der Waals surface area contributed by atoms with Gasteiger partial charge in [0.05, 0.1) is 0 Å². The van der Waals surface area contributed by atoms with Crippen molar-refractivity contribution in [3.63, 3.8) is 0 Å². The number of nitrogen functional groups attached to an aromatic ring is 1. The van der Waals surface area contributed by atoms with Gasteiger partial charge in [-0.25, -0.2) is 13.8 Å². The van der Waals surface area contributed by atoms with E-state index in [0.717, 1.165) is 6.07 Å². The van der Waals surface area contributed by atoms with E-state index in [0.29, 0.717) is 0 Å². The number of alkyl halides is 5. The molecule has 0 saturated heterocycles. The van der Waals surface area contributed by atoms with Crippen molar-refractivity contribution in [1.29, 1.82) is 0 Å². The van der Waals surface area contributed by atoms with Crippen molar-refractivity contribution < 1.29 is 26.7 Å². The summed E-state index contributed by atoms with van der Waals surface area (Å²) in [6.45, 7) is -0.433. The summed E-state index contributed by atoms with van der Waals surface area (Å²) in [5, 5.41) is 0. The van der Waals surface area contributed by atoms with Gasteiger partial charge in [-0.3, -0.25) is 0 Å². The molecule has 4 N–H and O–H groups in total. The molecule has 96 valence electrons. The highest BCUT2D eigenvalue weighted by atomic mass is 19.4. The van der Waals surface area contributed by atoms with Crippen LogP contribution in [0, 0.1) is 0 Å². The lowest BCUT2D eigenvalue weighted by Crippen LogP contribution is -2.21. The fourth-order valence-corrected chi connectivity index (χ4v) is 1.16. The molecular weight excluding hydrogens is 249 g/mol. The Hall–Kier alpha value is -1.64. The molecule has 0 bridgehead atoms. The second-order valence-corrected chi connectivity index (χ2v) is 2.97. The van der Waals surface area contributed by atoms with E-state index in [1.165, 1.54) is 0 Å². The molecule has 1 heterocycles. The molecule has 0 saturated carbocycles. The van der Waals surface area contributed by atoms with Gasteiger partial charge in [0.2, 0.25) is 0 Å². The summed E-state index contributed by atoms with van der Waals surface area (Å²) in [4.78, 5) is 3.11. The number of aromatic nitrogens is 1. The zero-order chi connectivity index (χ0) is 13.2. The Kier molecular flexibility index (Phi) is 3.71. The molecule has 0 amide bonds. The molecule has 0 aliphatic heterocycles. The van der Waals surface area contributed by atoms with Gasteiger partial charge in [0.15, 0.2) is 11.4 Å². The Balaban J connectivity index is 3.32. The van der Waals surface area contributed by atoms with Crippen LogP contribution in [0.3, 0.4) is 0 Å². The van der Waals surface area contributed by atoms with Crippen LogP contribution in [0.4, 0.5) is 27.8 Å². The first-order chi connectivity index (χ1) is 7.74. The summed E-state index contributed by atoms with van der Waals surface area (Å²) >= 11 is 0. The van der Waals surface area contributed by atoms with Gasteiger partial charge in [0, 0.05) is 12.1 Å². The molecular formula is C8H8F5N3O. The lowest BCUT2D eigenvalue weighted by molar-refractivity contribution is -0.275. The maximum absolute atomic E-state index is 12.5. The van der Waals surface area contributed by atoms with Gasteiger partial charge in [-0.2, -0.15) is 0 Å². The number of rotatable bonds is 3. The Morgan fingerprint density at radius 1 is 1.35 bits per heavy atom. The molecule has 17 heavy (non-hydrogen) atoms. The van der Waals surface area contributed by atoms with E-state index < -0.39 is 30.8 Å². The second-order valence-electron chi connectivity index (χ2n) is 2.97. The highest BCUT2D eigenvalue weighted by molar-refractivity contribution is 5.46. The van der Waals surface area contributed by atoms with Gasteiger partial charge in [-0.15, -0.1) is 13.2 Å². The quantitative estimate of drug-likeness (QED) is 0.812. The number of nitrogens with zero attached hydrogens (tertiary/aromatic N) is 1. The average molecular weight is 257 g/mol. The molecule has 0 aliphatic carbocycles. The van der Waals surface area contributed by atoms with E-state index in [4.69, 9.17) is 11.5 Å². The van der Waals surface area contributed by atoms with Crippen molar-refractivity contribution in [3.05, 3.63) is 17.3 Å². The third kappa shape index (κ3) is 3.41. The molecule has 0 spiro atoms. The molecule has 0 aromatic carbocycles. The van der Waals surface area contributed by atoms with Gasteiger partial charge >= 0.3 is 6.36 Å². The number of ether oxygens (including phenoxy) is 1. The first-order valence-electron chi connectivity index (χ1n) is 4.28. The van der Waals surface area contributed by atoms with Crippen LogP contribution in [0.25, 0.3) is 0 Å². The summed E-state index contributed by atoms with van der Waals surface area (Å²) < 4.78 is 64.6. The highest BCUT2D eigenvalue weighted by Gasteiger charge is 2.35. The van der Waals surface area contributed by atoms with Gasteiger partial charge < -0.3 is 16.2 Å². The molecule has 0 unspecified atom stereocenters. The normalized spacial score (nSPS) is 11.9. The minimum Gasteiger partial charge on any atom is -0.403 e. The predicted octanol–water partition coefficient (Wildman–Crippen LogP) is 1.96. The highest BCUT2D eigenvalue weighted by Crippen LogP contribution is 2.35. The Morgan fingerprint density at radius 3 is 2.35 bits per heavy atom. The lowest BCUT2D eigenvalue weighted by Gasteiger charge is -2.16. The first kappa shape index (κ1) is 13.4. The largest absolute Gasteiger partial charge is 0.573 e. The van der Waals surface area contributed by atoms with E-state index in [9.17, 15) is 22.0 Å². The first-order valence-corrected chi connectivity index (χ1v) is 4.28. The monoisotopic (exact) mass is 257 g/mol. The number of pyridine rings is 1. The summed E-state index contributed by atoms with van der Waals surface area (Å²) in [6.07, 6.45) is -8.35. The fraction of sp³-hybridized carbons (Fsp3) is 0.375. The van der Waals surface area contributed by atoms with Gasteiger partial charge in [0.25, 0.3) is 6.43 Å². The topological polar surface area (TPSA) is 74.2 Å². The second kappa shape index (κ2) is 4.70. The maximum Gasteiger partial charge on any atom is 0.573 e. The number of hydrogen-bond donors (Lipinski definition) is 2. The number of nitrogens with two attached hydrogens (primary N) is 2. The van der Waals surface area contributed by atoms with Crippen molar-refractivity contribution in [1.82, 2.24) is 4.98 Å². The maximum atomic E-state index is 12.5. The Bertz CT molecular complexity index is 407. The van der Waals surface area contributed by atoms with Crippen molar-refractivity contribution in [2.45, 2.75) is 19.3 Å². The SMILES string of the molecule is NCc1cc(N)nc(C(F)F)c1OC(F)(F)F. The van der Waals surface area contributed by atoms with Crippen LogP contribution in [-0.4, -0.2) is 11.3 Å². The van der Waals surface area contributed by atoms with Crippen LogP contribution < -0.4 is 16.2 Å². The van der Waals surface area contributed by atoms with Crippen molar-refractivity contribution in [3.8, 4) is 5.75 Å². The number of hydrogen-bond acceptors (Lipinski definition) is 4. The predicted molar refractivity (Wildman–Crippen MR) is 48.2 cm³/mol. The van der Waals surface area contributed by atoms with Crippen LogP contribution in [0.15, 0.2) is 6.07 Å². The smallest absolute Gasteiger partial charge is 0.403 e. The fourth-order valence-electron chi connectivity index (χ4n) is 1.16. The zero-order valence-electron chi connectivity index (χ0n) is 8.26. The summed E-state index contributed by atoms with van der Waals surface area (Å²) in [7, 11) is 0. The van der Waals surface area contributed by atoms with Gasteiger partial charge in [0.1, 0.15) is 5.82 Å². The molecule has 0 fully saturated rings. The van der Waals surface area contributed by atoms with E-state index in [1.807, 2.05) is 0 Å². The molecule has 9 heteroatoms. The average Bonchev–Trinajstić information content (AvgIpc) is 2.17. The summed E-state index contributed by atoms with van der Waals surface area (Å²) in [5.41, 5.74) is 8.84. The lowest BCUT2D eigenvalue weighted by atomic mass is 10.2. The molecule has 1 aromatic heterocycles. The Morgan fingerprint density at radius 2 is 1.94 bits per heavy atom. The minimum atomic E-state index is -5.11. The third-order valence-corrected chi connectivity index (χ3v) is 1.74.